The summed E-state index contributed by atoms with van der Waals surface area (Å²) in [5, 5.41) is 8.26. The number of ether oxygens (including phenoxy) is 3. The van der Waals surface area contributed by atoms with Gasteiger partial charge in [-0.25, -0.2) is 0 Å². The van der Waals surface area contributed by atoms with Crippen molar-refractivity contribution in [3.05, 3.63) is 48.0 Å². The van der Waals surface area contributed by atoms with Crippen LogP contribution >= 0.6 is 11.8 Å². The SMILES string of the molecule is COc1cc(-c2nnc(SC(C(=O)N3CCCCC3)c3ccccc3)o2)cc(OC)c1OC. The highest BCUT2D eigenvalue weighted by Crippen LogP contribution is 2.42. The third-order valence-corrected chi connectivity index (χ3v) is 6.61. The summed E-state index contributed by atoms with van der Waals surface area (Å²) in [5.41, 5.74) is 1.54. The molecule has 0 N–H and O–H groups in total. The summed E-state index contributed by atoms with van der Waals surface area (Å²) in [6, 6.07) is 13.2. The first-order valence-electron chi connectivity index (χ1n) is 10.8. The van der Waals surface area contributed by atoms with E-state index in [2.05, 4.69) is 10.2 Å². The molecule has 9 heteroatoms. The first-order chi connectivity index (χ1) is 16.1. The second kappa shape index (κ2) is 10.6. The Kier molecular flexibility index (Phi) is 7.39. The van der Waals surface area contributed by atoms with Gasteiger partial charge in [-0.15, -0.1) is 10.2 Å². The Morgan fingerprint density at radius 1 is 0.970 bits per heavy atom. The summed E-state index contributed by atoms with van der Waals surface area (Å²) in [6.07, 6.45) is 3.22. The second-order valence-electron chi connectivity index (χ2n) is 7.58. The van der Waals surface area contributed by atoms with Crippen LogP contribution in [0.15, 0.2) is 52.1 Å². The summed E-state index contributed by atoms with van der Waals surface area (Å²) < 4.78 is 22.2. The van der Waals surface area contributed by atoms with E-state index >= 15 is 0 Å². The van der Waals surface area contributed by atoms with Crippen molar-refractivity contribution in [1.82, 2.24) is 15.1 Å². The van der Waals surface area contributed by atoms with E-state index in [4.69, 9.17) is 18.6 Å². The van der Waals surface area contributed by atoms with Gasteiger partial charge >= 0.3 is 0 Å². The smallest absolute Gasteiger partial charge is 0.277 e. The molecule has 4 rings (SSSR count). The average Bonchev–Trinajstić information content (AvgIpc) is 3.35. The van der Waals surface area contributed by atoms with Crippen LogP contribution in [0.5, 0.6) is 17.2 Å². The third-order valence-electron chi connectivity index (χ3n) is 5.53. The molecule has 2 heterocycles. The standard InChI is InChI=1S/C24H27N3O5S/c1-29-18-14-17(15-19(30-2)20(18)31-3)22-25-26-24(32-22)33-21(16-10-6-4-7-11-16)23(28)27-12-8-5-9-13-27/h4,6-7,10-11,14-15,21H,5,8-9,12-13H2,1-3H3. The van der Waals surface area contributed by atoms with E-state index in [0.29, 0.717) is 33.9 Å². The molecule has 1 saturated heterocycles. The van der Waals surface area contributed by atoms with E-state index in [1.54, 1.807) is 33.5 Å². The molecule has 174 valence electrons. The van der Waals surface area contributed by atoms with Gasteiger partial charge in [0.2, 0.25) is 17.5 Å². The Labute approximate surface area is 197 Å². The van der Waals surface area contributed by atoms with E-state index in [9.17, 15) is 4.79 Å². The first-order valence-corrected chi connectivity index (χ1v) is 11.7. The molecule has 8 nitrogen and oxygen atoms in total. The van der Waals surface area contributed by atoms with Crippen LogP contribution in [0.3, 0.4) is 0 Å². The van der Waals surface area contributed by atoms with Crippen molar-refractivity contribution in [3.63, 3.8) is 0 Å². The zero-order valence-electron chi connectivity index (χ0n) is 18.9. The molecule has 3 aromatic rings. The number of amides is 1. The minimum absolute atomic E-state index is 0.0680. The van der Waals surface area contributed by atoms with Crippen molar-refractivity contribution in [2.75, 3.05) is 34.4 Å². The average molecular weight is 470 g/mol. The van der Waals surface area contributed by atoms with Crippen molar-refractivity contribution < 1.29 is 23.4 Å². The summed E-state index contributed by atoms with van der Waals surface area (Å²) >= 11 is 1.27. The van der Waals surface area contributed by atoms with Gasteiger partial charge in [-0.2, -0.15) is 0 Å². The molecule has 0 radical (unpaired) electrons. The van der Waals surface area contributed by atoms with Crippen LogP contribution in [0.25, 0.3) is 11.5 Å². The normalized spacial score (nSPS) is 14.6. The number of hydrogen-bond donors (Lipinski definition) is 0. The van der Waals surface area contributed by atoms with Gasteiger partial charge in [0.15, 0.2) is 11.5 Å². The predicted octanol–water partition coefficient (Wildman–Crippen LogP) is 4.61. The zero-order chi connectivity index (χ0) is 23.2. The molecule has 1 atom stereocenters. The molecule has 33 heavy (non-hydrogen) atoms. The highest BCUT2D eigenvalue weighted by atomic mass is 32.2. The maximum absolute atomic E-state index is 13.4. The van der Waals surface area contributed by atoms with Crippen molar-refractivity contribution in [2.24, 2.45) is 0 Å². The largest absolute Gasteiger partial charge is 0.493 e. The predicted molar refractivity (Wildman–Crippen MR) is 125 cm³/mol. The van der Waals surface area contributed by atoms with E-state index < -0.39 is 5.25 Å². The highest BCUT2D eigenvalue weighted by molar-refractivity contribution is 8.00. The Bertz CT molecular complexity index is 1060. The first kappa shape index (κ1) is 23.0. The number of nitrogens with zero attached hydrogens (tertiary/aromatic N) is 3. The molecular weight excluding hydrogens is 442 g/mol. The topological polar surface area (TPSA) is 86.9 Å². The summed E-state index contributed by atoms with van der Waals surface area (Å²) in [7, 11) is 4.64. The quantitative estimate of drug-likeness (QED) is 0.442. The van der Waals surface area contributed by atoms with Gasteiger partial charge in [0.05, 0.1) is 21.3 Å². The van der Waals surface area contributed by atoms with E-state index in [1.807, 2.05) is 35.2 Å². The Hall–Kier alpha value is -3.20. The lowest BCUT2D eigenvalue weighted by molar-refractivity contribution is -0.131. The minimum atomic E-state index is -0.461. The summed E-state index contributed by atoms with van der Waals surface area (Å²) in [6.45, 7) is 1.56. The number of carbonyl (C=O) groups is 1. The van der Waals surface area contributed by atoms with Crippen LogP contribution in [0.2, 0.25) is 0 Å². The molecule has 2 aromatic carbocycles. The number of likely N-dealkylation sites (tertiary alicyclic amines) is 1. The highest BCUT2D eigenvalue weighted by Gasteiger charge is 2.30. The van der Waals surface area contributed by atoms with Crippen LogP contribution in [0.4, 0.5) is 0 Å². The molecule has 1 fully saturated rings. The number of methoxy groups -OCH3 is 3. The number of hydrogen-bond acceptors (Lipinski definition) is 8. The van der Waals surface area contributed by atoms with Gasteiger partial charge in [0, 0.05) is 18.7 Å². The molecule has 1 unspecified atom stereocenters. The van der Waals surface area contributed by atoms with Gasteiger partial charge in [0.25, 0.3) is 5.22 Å². The lowest BCUT2D eigenvalue weighted by Crippen LogP contribution is -2.38. The summed E-state index contributed by atoms with van der Waals surface area (Å²) in [4.78, 5) is 15.3. The molecule has 0 spiro atoms. The number of aromatic nitrogens is 2. The molecule has 1 aromatic heterocycles. The summed E-state index contributed by atoms with van der Waals surface area (Å²) in [5.74, 6) is 1.82. The number of piperidine rings is 1. The Morgan fingerprint density at radius 2 is 1.64 bits per heavy atom. The molecule has 0 aliphatic carbocycles. The molecule has 0 saturated carbocycles. The fourth-order valence-electron chi connectivity index (χ4n) is 3.85. The van der Waals surface area contributed by atoms with Crippen molar-refractivity contribution >= 4 is 17.7 Å². The number of thioether (sulfide) groups is 1. The van der Waals surface area contributed by atoms with E-state index in [1.165, 1.54) is 11.8 Å². The van der Waals surface area contributed by atoms with E-state index in [-0.39, 0.29) is 5.91 Å². The van der Waals surface area contributed by atoms with Gasteiger partial charge in [-0.05, 0) is 48.7 Å². The van der Waals surface area contributed by atoms with Gasteiger partial charge in [-0.1, -0.05) is 30.3 Å². The van der Waals surface area contributed by atoms with E-state index in [0.717, 1.165) is 37.9 Å². The lowest BCUT2D eigenvalue weighted by Gasteiger charge is -2.29. The van der Waals surface area contributed by atoms with Crippen LogP contribution in [-0.4, -0.2) is 55.4 Å². The molecule has 0 bridgehead atoms. The number of carbonyl (C=O) groups excluding carboxylic acids is 1. The minimum Gasteiger partial charge on any atom is -0.493 e. The van der Waals surface area contributed by atoms with Crippen molar-refractivity contribution in [1.29, 1.82) is 0 Å². The van der Waals surface area contributed by atoms with Gasteiger partial charge in [-0.3, -0.25) is 4.79 Å². The van der Waals surface area contributed by atoms with Crippen LogP contribution in [0, 0.1) is 0 Å². The maximum atomic E-state index is 13.4. The number of benzene rings is 2. The Morgan fingerprint density at radius 3 is 2.24 bits per heavy atom. The monoisotopic (exact) mass is 469 g/mol. The third kappa shape index (κ3) is 5.08. The number of rotatable bonds is 8. The van der Waals surface area contributed by atoms with Crippen LogP contribution in [0.1, 0.15) is 30.1 Å². The second-order valence-corrected chi connectivity index (χ2v) is 8.64. The van der Waals surface area contributed by atoms with Gasteiger partial charge < -0.3 is 23.5 Å². The molecular formula is C24H27N3O5S. The zero-order valence-corrected chi connectivity index (χ0v) is 19.8. The lowest BCUT2D eigenvalue weighted by atomic mass is 10.1. The fourth-order valence-corrected chi connectivity index (χ4v) is 4.81. The molecule has 1 aliphatic heterocycles. The van der Waals surface area contributed by atoms with Crippen LogP contribution in [-0.2, 0) is 4.79 Å². The maximum Gasteiger partial charge on any atom is 0.277 e. The fraction of sp³-hybridized carbons (Fsp3) is 0.375. The Balaban J connectivity index is 1.62. The van der Waals surface area contributed by atoms with Crippen molar-refractivity contribution in [3.8, 4) is 28.7 Å². The van der Waals surface area contributed by atoms with Gasteiger partial charge in [0.1, 0.15) is 5.25 Å². The molecule has 1 aliphatic rings. The van der Waals surface area contributed by atoms with Crippen molar-refractivity contribution in [2.45, 2.75) is 29.7 Å². The molecule has 1 amide bonds. The van der Waals surface area contributed by atoms with Crippen LogP contribution < -0.4 is 14.2 Å².